The summed E-state index contributed by atoms with van der Waals surface area (Å²) in [4.78, 5) is 15.5. The lowest BCUT2D eigenvalue weighted by Crippen LogP contribution is -2.15. The second-order valence-electron chi connectivity index (χ2n) is 6.99. The van der Waals surface area contributed by atoms with Crippen LogP contribution in [-0.2, 0) is 6.61 Å². The summed E-state index contributed by atoms with van der Waals surface area (Å²) in [5.41, 5.74) is 4.92. The zero-order chi connectivity index (χ0) is 17.5. The number of aliphatic hydroxyl groups excluding tert-OH is 1. The molecule has 1 aliphatic rings. The molecule has 0 atom stereocenters. The molecule has 1 fully saturated rings. The molecule has 0 saturated heterocycles. The van der Waals surface area contributed by atoms with E-state index in [1.807, 2.05) is 12.3 Å². The summed E-state index contributed by atoms with van der Waals surface area (Å²) < 4.78 is 0. The third-order valence-corrected chi connectivity index (χ3v) is 5.23. The Kier molecular flexibility index (Phi) is 3.64. The number of H-pyrrole nitrogens is 2. The molecule has 0 bridgehead atoms. The quantitative estimate of drug-likeness (QED) is 0.450. The number of hydrogen-bond acceptors (Lipinski definition) is 4. The van der Waals surface area contributed by atoms with Crippen molar-refractivity contribution in [2.75, 3.05) is 5.32 Å². The molecular formula is C20H21N5O. The van der Waals surface area contributed by atoms with Crippen LogP contribution in [0.25, 0.3) is 33.2 Å². The normalized spacial score (nSPS) is 15.3. The number of aromatic nitrogens is 4. The van der Waals surface area contributed by atoms with Crippen molar-refractivity contribution in [3.05, 3.63) is 42.4 Å². The molecule has 3 heterocycles. The summed E-state index contributed by atoms with van der Waals surface area (Å²) in [7, 11) is 0. The Labute approximate surface area is 150 Å². The number of hydrogen-bond donors (Lipinski definition) is 4. The summed E-state index contributed by atoms with van der Waals surface area (Å²) in [6.45, 7) is -0.0865. The van der Waals surface area contributed by atoms with Crippen LogP contribution in [0.4, 0.5) is 5.82 Å². The van der Waals surface area contributed by atoms with Gasteiger partial charge in [0.2, 0.25) is 0 Å². The predicted octanol–water partition coefficient (Wildman–Crippen LogP) is 3.95. The van der Waals surface area contributed by atoms with E-state index in [1.54, 1.807) is 0 Å². The van der Waals surface area contributed by atoms with Gasteiger partial charge in [0.25, 0.3) is 0 Å². The molecule has 0 unspecified atom stereocenters. The van der Waals surface area contributed by atoms with E-state index in [0.717, 1.165) is 39.0 Å². The highest BCUT2D eigenvalue weighted by Crippen LogP contribution is 2.32. The van der Waals surface area contributed by atoms with Crippen molar-refractivity contribution in [3.63, 3.8) is 0 Å². The molecule has 1 aromatic carbocycles. The second kappa shape index (κ2) is 6.14. The van der Waals surface area contributed by atoms with Gasteiger partial charge in [-0.3, -0.25) is 0 Å². The second-order valence-corrected chi connectivity index (χ2v) is 6.99. The van der Waals surface area contributed by atoms with Crippen molar-refractivity contribution in [3.8, 4) is 11.1 Å². The van der Waals surface area contributed by atoms with Gasteiger partial charge in [0.15, 0.2) is 0 Å². The van der Waals surface area contributed by atoms with Gasteiger partial charge in [-0.2, -0.15) is 0 Å². The first-order valence-corrected chi connectivity index (χ1v) is 9.15. The molecule has 0 amide bonds. The van der Waals surface area contributed by atoms with E-state index in [2.05, 4.69) is 44.5 Å². The molecular weight excluding hydrogens is 326 g/mol. The average molecular weight is 347 g/mol. The number of aliphatic hydroxyl groups is 1. The summed E-state index contributed by atoms with van der Waals surface area (Å²) in [6, 6.07) is 10.9. The Morgan fingerprint density at radius 1 is 1.12 bits per heavy atom. The minimum Gasteiger partial charge on any atom is -0.388 e. The molecule has 6 nitrogen and oxygen atoms in total. The third-order valence-electron chi connectivity index (χ3n) is 5.23. The van der Waals surface area contributed by atoms with E-state index in [-0.39, 0.29) is 6.61 Å². The number of benzene rings is 1. The Hall–Kier alpha value is -2.86. The van der Waals surface area contributed by atoms with Crippen molar-refractivity contribution in [2.24, 2.45) is 0 Å². The average Bonchev–Trinajstić information content (AvgIpc) is 3.40. The SMILES string of the molecule is OCc1nc2ccc(-c3cc(NC4CCCC4)nc4[nH]ccc34)cc2[nH]1. The number of aromatic amines is 2. The van der Waals surface area contributed by atoms with E-state index in [4.69, 9.17) is 4.98 Å². The van der Waals surface area contributed by atoms with Gasteiger partial charge in [-0.15, -0.1) is 0 Å². The number of fused-ring (bicyclic) bond motifs is 2. The van der Waals surface area contributed by atoms with Crippen LogP contribution in [0.5, 0.6) is 0 Å². The minimum atomic E-state index is -0.0865. The lowest BCUT2D eigenvalue weighted by atomic mass is 10.0. The molecule has 26 heavy (non-hydrogen) atoms. The standard InChI is InChI=1S/C20H21N5O/c26-11-19-23-16-6-5-12(9-17(16)24-19)15-10-18(22-13-3-1-2-4-13)25-20-14(15)7-8-21-20/h5-10,13,26H,1-4,11H2,(H,23,24)(H2,21,22,25). The molecule has 0 radical (unpaired) electrons. The Morgan fingerprint density at radius 3 is 2.85 bits per heavy atom. The summed E-state index contributed by atoms with van der Waals surface area (Å²) >= 11 is 0. The van der Waals surface area contributed by atoms with Gasteiger partial charge in [0.1, 0.15) is 23.9 Å². The van der Waals surface area contributed by atoms with Gasteiger partial charge >= 0.3 is 0 Å². The van der Waals surface area contributed by atoms with Gasteiger partial charge in [-0.05, 0) is 48.2 Å². The minimum absolute atomic E-state index is 0.0865. The highest BCUT2D eigenvalue weighted by atomic mass is 16.3. The molecule has 4 N–H and O–H groups in total. The molecule has 1 aliphatic carbocycles. The highest BCUT2D eigenvalue weighted by Gasteiger charge is 2.17. The van der Waals surface area contributed by atoms with Crippen LogP contribution in [0.15, 0.2) is 36.5 Å². The fourth-order valence-electron chi connectivity index (χ4n) is 3.93. The number of imidazole rings is 1. The zero-order valence-corrected chi connectivity index (χ0v) is 14.4. The fraction of sp³-hybridized carbons (Fsp3) is 0.300. The Balaban J connectivity index is 1.61. The van der Waals surface area contributed by atoms with Crippen LogP contribution in [0.1, 0.15) is 31.5 Å². The maximum absolute atomic E-state index is 9.30. The maximum atomic E-state index is 9.30. The van der Waals surface area contributed by atoms with Gasteiger partial charge in [-0.1, -0.05) is 18.9 Å². The molecule has 5 rings (SSSR count). The molecule has 1 saturated carbocycles. The van der Waals surface area contributed by atoms with E-state index in [9.17, 15) is 5.11 Å². The van der Waals surface area contributed by atoms with Gasteiger partial charge in [-0.25, -0.2) is 9.97 Å². The smallest absolute Gasteiger partial charge is 0.140 e. The number of nitrogens with one attached hydrogen (secondary N) is 3. The van der Waals surface area contributed by atoms with E-state index in [0.29, 0.717) is 11.9 Å². The molecule has 0 spiro atoms. The van der Waals surface area contributed by atoms with Gasteiger partial charge in [0.05, 0.1) is 11.0 Å². The summed E-state index contributed by atoms with van der Waals surface area (Å²) in [5.74, 6) is 1.50. The first-order valence-electron chi connectivity index (χ1n) is 9.15. The highest BCUT2D eigenvalue weighted by molar-refractivity contribution is 5.96. The first kappa shape index (κ1) is 15.4. The number of pyridine rings is 1. The van der Waals surface area contributed by atoms with Crippen molar-refractivity contribution >= 4 is 27.9 Å². The Bertz CT molecular complexity index is 1070. The number of rotatable bonds is 4. The van der Waals surface area contributed by atoms with Crippen LogP contribution in [0.2, 0.25) is 0 Å². The van der Waals surface area contributed by atoms with E-state index >= 15 is 0 Å². The van der Waals surface area contributed by atoms with E-state index < -0.39 is 0 Å². The number of anilines is 1. The topological polar surface area (TPSA) is 89.6 Å². The van der Waals surface area contributed by atoms with Crippen molar-refractivity contribution < 1.29 is 5.11 Å². The first-order chi connectivity index (χ1) is 12.8. The fourth-order valence-corrected chi connectivity index (χ4v) is 3.93. The molecule has 6 heteroatoms. The van der Waals surface area contributed by atoms with Crippen LogP contribution in [0, 0.1) is 0 Å². The van der Waals surface area contributed by atoms with Crippen molar-refractivity contribution in [1.29, 1.82) is 0 Å². The summed E-state index contributed by atoms with van der Waals surface area (Å²) in [5, 5.41) is 14.0. The lowest BCUT2D eigenvalue weighted by molar-refractivity contribution is 0.273. The van der Waals surface area contributed by atoms with Crippen molar-refractivity contribution in [1.82, 2.24) is 19.9 Å². The predicted molar refractivity (Wildman–Crippen MR) is 103 cm³/mol. The lowest BCUT2D eigenvalue weighted by Gasteiger charge is -2.14. The third kappa shape index (κ3) is 2.63. The van der Waals surface area contributed by atoms with Crippen LogP contribution >= 0.6 is 0 Å². The number of nitrogens with zero attached hydrogens (tertiary/aromatic N) is 2. The summed E-state index contributed by atoms with van der Waals surface area (Å²) in [6.07, 6.45) is 6.94. The molecule has 0 aliphatic heterocycles. The largest absolute Gasteiger partial charge is 0.388 e. The monoisotopic (exact) mass is 347 g/mol. The van der Waals surface area contributed by atoms with Crippen molar-refractivity contribution in [2.45, 2.75) is 38.3 Å². The van der Waals surface area contributed by atoms with Gasteiger partial charge in [0, 0.05) is 17.6 Å². The van der Waals surface area contributed by atoms with Crippen LogP contribution in [0.3, 0.4) is 0 Å². The zero-order valence-electron chi connectivity index (χ0n) is 14.4. The van der Waals surface area contributed by atoms with Crippen LogP contribution in [-0.4, -0.2) is 31.1 Å². The van der Waals surface area contributed by atoms with Gasteiger partial charge < -0.3 is 20.4 Å². The molecule has 132 valence electrons. The van der Waals surface area contributed by atoms with E-state index in [1.165, 1.54) is 25.7 Å². The molecule has 3 aromatic heterocycles. The van der Waals surface area contributed by atoms with Crippen LogP contribution < -0.4 is 5.32 Å². The molecule has 4 aromatic rings. The maximum Gasteiger partial charge on any atom is 0.140 e. The Morgan fingerprint density at radius 2 is 2.00 bits per heavy atom.